The molecule has 1 N–H and O–H groups in total. The van der Waals surface area contributed by atoms with Gasteiger partial charge in [-0.2, -0.15) is 13.2 Å². The van der Waals surface area contributed by atoms with Crippen LogP contribution in [0.15, 0.2) is 56.6 Å². The molecule has 2 heterocycles. The van der Waals surface area contributed by atoms with Gasteiger partial charge < -0.3 is 19.5 Å². The highest BCUT2D eigenvalue weighted by Crippen LogP contribution is 2.36. The summed E-state index contributed by atoms with van der Waals surface area (Å²) in [4.78, 5) is 16.9. The van der Waals surface area contributed by atoms with Crippen LogP contribution >= 0.6 is 27.7 Å². The zero-order valence-corrected chi connectivity index (χ0v) is 21.2. The molecule has 186 valence electrons. The van der Waals surface area contributed by atoms with Crippen LogP contribution < -0.4 is 10.2 Å². The van der Waals surface area contributed by atoms with Crippen LogP contribution in [0.5, 0.6) is 0 Å². The third-order valence-corrected chi connectivity index (χ3v) is 6.93. The van der Waals surface area contributed by atoms with E-state index < -0.39 is 17.6 Å². The molecule has 0 bridgehead atoms. The number of aromatic nitrogens is 2. The first-order valence-corrected chi connectivity index (χ1v) is 12.7. The molecule has 12 heteroatoms. The average Bonchev–Trinajstić information content (AvgIpc) is 3.32. The lowest BCUT2D eigenvalue weighted by Crippen LogP contribution is -2.46. The number of hydrogen-bond acceptors (Lipinski definition) is 7. The van der Waals surface area contributed by atoms with E-state index in [9.17, 15) is 18.0 Å². The number of carbonyl (C=O) groups is 1. The van der Waals surface area contributed by atoms with Gasteiger partial charge in [0.05, 0.1) is 22.7 Å². The van der Waals surface area contributed by atoms with E-state index in [-0.39, 0.29) is 16.7 Å². The average molecular weight is 570 g/mol. The molecule has 7 nitrogen and oxygen atoms in total. The van der Waals surface area contributed by atoms with E-state index in [4.69, 9.17) is 4.42 Å². The molecule has 1 aliphatic heterocycles. The number of amides is 1. The summed E-state index contributed by atoms with van der Waals surface area (Å²) in [5.74, 6) is -0.251. The Morgan fingerprint density at radius 1 is 1.11 bits per heavy atom. The molecule has 0 spiro atoms. The van der Waals surface area contributed by atoms with Gasteiger partial charge in [-0.15, -0.1) is 10.2 Å². The van der Waals surface area contributed by atoms with Crippen molar-refractivity contribution in [1.29, 1.82) is 0 Å². The highest BCUT2D eigenvalue weighted by atomic mass is 79.9. The van der Waals surface area contributed by atoms with Crippen molar-refractivity contribution in [2.24, 2.45) is 0 Å². The lowest BCUT2D eigenvalue weighted by Gasteiger charge is -2.36. The van der Waals surface area contributed by atoms with E-state index in [1.807, 2.05) is 29.2 Å². The quantitative estimate of drug-likeness (QED) is 0.382. The predicted octanol–water partition coefficient (Wildman–Crippen LogP) is 5.39. The number of alkyl halides is 3. The van der Waals surface area contributed by atoms with Crippen LogP contribution in [0, 0.1) is 0 Å². The summed E-state index contributed by atoms with van der Waals surface area (Å²) < 4.78 is 46.5. The molecule has 0 radical (unpaired) electrons. The minimum absolute atomic E-state index is 0.0960. The molecule has 0 unspecified atom stereocenters. The Kier molecular flexibility index (Phi) is 8.02. The van der Waals surface area contributed by atoms with Gasteiger partial charge in [-0.1, -0.05) is 34.6 Å². The number of nitrogens with zero attached hydrogens (tertiary/aromatic N) is 4. The molecule has 1 aromatic heterocycles. The number of likely N-dealkylation sites (N-methyl/N-ethyl adjacent to an activating group) is 1. The normalized spacial score (nSPS) is 14.8. The van der Waals surface area contributed by atoms with Crippen molar-refractivity contribution in [3.05, 3.63) is 52.5 Å². The zero-order chi connectivity index (χ0) is 25.0. The summed E-state index contributed by atoms with van der Waals surface area (Å²) in [6, 6.07) is 10.8. The predicted molar refractivity (Wildman–Crippen MR) is 133 cm³/mol. The van der Waals surface area contributed by atoms with Gasteiger partial charge in [-0.25, -0.2) is 0 Å². The number of nitrogens with one attached hydrogen (secondary N) is 1. The zero-order valence-electron chi connectivity index (χ0n) is 18.8. The molecule has 1 saturated heterocycles. The van der Waals surface area contributed by atoms with Crippen molar-refractivity contribution in [2.75, 3.05) is 48.7 Å². The largest absolute Gasteiger partial charge is 0.416 e. The first-order valence-electron chi connectivity index (χ1n) is 10.9. The summed E-state index contributed by atoms with van der Waals surface area (Å²) in [7, 11) is 0. The molecule has 0 atom stereocenters. The number of rotatable bonds is 7. The Bertz CT molecular complexity index is 1160. The maximum Gasteiger partial charge on any atom is 0.416 e. The molecule has 1 fully saturated rings. The number of hydrogen-bond donors (Lipinski definition) is 1. The van der Waals surface area contributed by atoms with Crippen molar-refractivity contribution >= 4 is 45.0 Å². The Labute approximate surface area is 213 Å². The fourth-order valence-corrected chi connectivity index (χ4v) is 4.51. The van der Waals surface area contributed by atoms with Crippen molar-refractivity contribution in [1.82, 2.24) is 15.1 Å². The van der Waals surface area contributed by atoms with Gasteiger partial charge in [-0.05, 0) is 49.0 Å². The van der Waals surface area contributed by atoms with Gasteiger partial charge >= 0.3 is 6.18 Å². The van der Waals surface area contributed by atoms with Crippen LogP contribution in [0.4, 0.5) is 24.5 Å². The standard InChI is InChI=1S/C23H23BrF3N5O2S/c1-2-31-9-11-32(12-10-31)19-8-5-16(23(25,26)27)13-18(19)28-20(33)14-35-22-30-29-21(34-22)15-3-6-17(24)7-4-15/h3-8,13H,2,9-12,14H2,1H3,(H,28,33). The van der Waals surface area contributed by atoms with Crippen molar-refractivity contribution in [2.45, 2.75) is 18.3 Å². The summed E-state index contributed by atoms with van der Waals surface area (Å²) in [6.07, 6.45) is -4.51. The van der Waals surface area contributed by atoms with Crippen molar-refractivity contribution in [3.8, 4) is 11.5 Å². The second-order valence-corrected chi connectivity index (χ2v) is 9.71. The Balaban J connectivity index is 1.44. The van der Waals surface area contributed by atoms with Gasteiger partial charge in [0.1, 0.15) is 0 Å². The first-order chi connectivity index (χ1) is 16.7. The lowest BCUT2D eigenvalue weighted by atomic mass is 10.1. The van der Waals surface area contributed by atoms with Gasteiger partial charge in [0.25, 0.3) is 5.22 Å². The Morgan fingerprint density at radius 3 is 2.49 bits per heavy atom. The lowest BCUT2D eigenvalue weighted by molar-refractivity contribution is -0.137. The molecule has 0 saturated carbocycles. The second kappa shape index (κ2) is 11.0. The van der Waals surface area contributed by atoms with E-state index in [1.54, 1.807) is 0 Å². The van der Waals surface area contributed by atoms with Crippen molar-refractivity contribution < 1.29 is 22.4 Å². The highest BCUT2D eigenvalue weighted by molar-refractivity contribution is 9.10. The minimum Gasteiger partial charge on any atom is -0.411 e. The monoisotopic (exact) mass is 569 g/mol. The van der Waals surface area contributed by atoms with Gasteiger partial charge in [0.15, 0.2) is 0 Å². The molecule has 3 aromatic rings. The minimum atomic E-state index is -4.51. The third-order valence-electron chi connectivity index (χ3n) is 5.58. The van der Waals surface area contributed by atoms with E-state index in [2.05, 4.69) is 43.3 Å². The molecule has 0 aliphatic carbocycles. The van der Waals surface area contributed by atoms with Crippen molar-refractivity contribution in [3.63, 3.8) is 0 Å². The molecule has 2 aromatic carbocycles. The van der Waals surface area contributed by atoms with E-state index in [1.165, 1.54) is 6.07 Å². The van der Waals surface area contributed by atoms with Crippen LogP contribution in [0.1, 0.15) is 12.5 Å². The maximum atomic E-state index is 13.3. The molecule has 1 aliphatic rings. The van der Waals surface area contributed by atoms with Crippen LogP contribution in [-0.4, -0.2) is 59.5 Å². The smallest absolute Gasteiger partial charge is 0.411 e. The fraction of sp³-hybridized carbons (Fsp3) is 0.348. The first kappa shape index (κ1) is 25.5. The van der Waals surface area contributed by atoms with E-state index >= 15 is 0 Å². The number of thioether (sulfide) groups is 1. The summed E-state index contributed by atoms with van der Waals surface area (Å²) >= 11 is 4.38. The van der Waals surface area contributed by atoms with Gasteiger partial charge in [-0.3, -0.25) is 4.79 Å². The van der Waals surface area contributed by atoms with E-state index in [0.29, 0.717) is 24.7 Å². The van der Waals surface area contributed by atoms with Crippen LogP contribution in [0.25, 0.3) is 11.5 Å². The highest BCUT2D eigenvalue weighted by Gasteiger charge is 2.32. The number of halogens is 4. The summed E-state index contributed by atoms with van der Waals surface area (Å²) in [5.41, 5.74) is 0.625. The van der Waals surface area contributed by atoms with Gasteiger partial charge in [0.2, 0.25) is 11.8 Å². The molecular weight excluding hydrogens is 547 g/mol. The van der Waals surface area contributed by atoms with Crippen LogP contribution in [0.2, 0.25) is 0 Å². The molecule has 4 rings (SSSR count). The Morgan fingerprint density at radius 2 is 1.83 bits per heavy atom. The maximum absolute atomic E-state index is 13.3. The number of piperazine rings is 1. The molecule has 1 amide bonds. The summed E-state index contributed by atoms with van der Waals surface area (Å²) in [6.45, 7) is 5.93. The number of benzene rings is 2. The topological polar surface area (TPSA) is 74.5 Å². The van der Waals surface area contributed by atoms with Crippen LogP contribution in [0.3, 0.4) is 0 Å². The SMILES string of the molecule is CCN1CCN(c2ccc(C(F)(F)F)cc2NC(=O)CSc2nnc(-c3ccc(Br)cc3)o2)CC1. The fourth-order valence-electron chi connectivity index (χ4n) is 3.68. The second-order valence-electron chi connectivity index (χ2n) is 7.87. The van der Waals surface area contributed by atoms with E-state index in [0.717, 1.165) is 53.6 Å². The Hall–Kier alpha value is -2.57. The summed E-state index contributed by atoms with van der Waals surface area (Å²) in [5, 5.41) is 10.8. The molecule has 35 heavy (non-hydrogen) atoms. The van der Waals surface area contributed by atoms with Gasteiger partial charge in [0, 0.05) is 36.2 Å². The number of anilines is 2. The van der Waals surface area contributed by atoms with Crippen LogP contribution in [-0.2, 0) is 11.0 Å². The number of carbonyl (C=O) groups excluding carboxylic acids is 1. The third kappa shape index (κ3) is 6.56. The molecular formula is C23H23BrF3N5O2S.